The molecule has 92 valence electrons. The number of nitrogens with one attached hydrogen (secondary N) is 1. The van der Waals surface area contributed by atoms with Crippen molar-refractivity contribution >= 4 is 11.2 Å². The maximum atomic E-state index is 11.6. The second-order valence-corrected chi connectivity index (χ2v) is 3.91. The molecule has 1 N–H and O–H groups in total. The molecule has 0 atom stereocenters. The molecule has 0 spiro atoms. The molecule has 0 radical (unpaired) electrons. The number of hydrogen-bond acceptors (Lipinski definition) is 4. The van der Waals surface area contributed by atoms with Gasteiger partial charge in [-0.05, 0) is 38.1 Å². The molecule has 0 fully saturated rings. The van der Waals surface area contributed by atoms with Gasteiger partial charge in [-0.15, -0.1) is 0 Å². The lowest BCUT2D eigenvalue weighted by Crippen LogP contribution is -2.17. The van der Waals surface area contributed by atoms with Crippen molar-refractivity contribution < 1.29 is 4.42 Å². The highest BCUT2D eigenvalue weighted by atomic mass is 16.4. The molecule has 0 aliphatic carbocycles. The summed E-state index contributed by atoms with van der Waals surface area (Å²) in [5.41, 5.74) is 1.20. The van der Waals surface area contributed by atoms with Crippen molar-refractivity contribution in [2.24, 2.45) is 0 Å². The molecular weight excluding hydrogens is 218 g/mol. The third-order valence-electron chi connectivity index (χ3n) is 2.66. The van der Waals surface area contributed by atoms with E-state index < -0.39 is 0 Å². The highest BCUT2D eigenvalue weighted by molar-refractivity contribution is 5.67. The zero-order valence-electron chi connectivity index (χ0n) is 9.98. The summed E-state index contributed by atoms with van der Waals surface area (Å²) in [4.78, 5) is 15.8. The smallest absolute Gasteiger partial charge is 0.406 e. The fraction of sp³-hybridized carbons (Fsp3) is 0.500. The van der Waals surface area contributed by atoms with Crippen molar-refractivity contribution in [3.05, 3.63) is 28.9 Å². The Morgan fingerprint density at radius 1 is 1.47 bits per heavy atom. The first kappa shape index (κ1) is 11.9. The van der Waals surface area contributed by atoms with Crippen molar-refractivity contribution in [3.8, 4) is 0 Å². The van der Waals surface area contributed by atoms with Gasteiger partial charge in [-0.2, -0.15) is 0 Å². The van der Waals surface area contributed by atoms with Crippen LogP contribution in [0.4, 0.5) is 0 Å². The molecule has 5 nitrogen and oxygen atoms in total. The number of fused-ring (bicyclic) bond motifs is 1. The predicted molar refractivity (Wildman–Crippen MR) is 66.0 cm³/mol. The molecule has 0 aromatic carbocycles. The predicted octanol–water partition coefficient (Wildman–Crippen LogP) is 1.38. The minimum Gasteiger partial charge on any atom is -0.406 e. The molecule has 0 unspecified atom stereocenters. The van der Waals surface area contributed by atoms with Gasteiger partial charge in [0.05, 0.1) is 0 Å². The van der Waals surface area contributed by atoms with Crippen LogP contribution in [-0.4, -0.2) is 22.6 Å². The van der Waals surface area contributed by atoms with Crippen molar-refractivity contribution in [1.29, 1.82) is 0 Å². The SMILES string of the molecule is CCNCCCCn1c(=O)oc2cccnc21. The molecular formula is C12H17N3O2. The Balaban J connectivity index is 2.03. The minimum atomic E-state index is -0.317. The van der Waals surface area contributed by atoms with Crippen molar-refractivity contribution in [3.63, 3.8) is 0 Å². The highest BCUT2D eigenvalue weighted by Gasteiger charge is 2.08. The maximum absolute atomic E-state index is 11.6. The Hall–Kier alpha value is -1.62. The topological polar surface area (TPSA) is 60.1 Å². The van der Waals surface area contributed by atoms with Crippen molar-refractivity contribution in [1.82, 2.24) is 14.9 Å². The van der Waals surface area contributed by atoms with Crippen LogP contribution in [0.25, 0.3) is 11.2 Å². The summed E-state index contributed by atoms with van der Waals surface area (Å²) in [6.07, 6.45) is 3.66. The van der Waals surface area contributed by atoms with E-state index in [0.717, 1.165) is 25.9 Å². The second-order valence-electron chi connectivity index (χ2n) is 3.91. The Morgan fingerprint density at radius 2 is 2.35 bits per heavy atom. The summed E-state index contributed by atoms with van der Waals surface area (Å²) in [5, 5.41) is 3.25. The number of oxazole rings is 1. The first-order valence-electron chi connectivity index (χ1n) is 5.98. The van der Waals surface area contributed by atoms with Gasteiger partial charge in [-0.1, -0.05) is 6.92 Å². The van der Waals surface area contributed by atoms with Gasteiger partial charge in [0, 0.05) is 12.7 Å². The minimum absolute atomic E-state index is 0.317. The van der Waals surface area contributed by atoms with Gasteiger partial charge in [-0.3, -0.25) is 4.57 Å². The van der Waals surface area contributed by atoms with Crippen LogP contribution in [0.3, 0.4) is 0 Å². The summed E-state index contributed by atoms with van der Waals surface area (Å²) < 4.78 is 6.70. The van der Waals surface area contributed by atoms with Crippen LogP contribution in [0.1, 0.15) is 19.8 Å². The van der Waals surface area contributed by atoms with E-state index in [9.17, 15) is 4.79 Å². The first-order chi connectivity index (χ1) is 8.33. The van der Waals surface area contributed by atoms with Crippen LogP contribution >= 0.6 is 0 Å². The molecule has 0 amide bonds. The Bertz CT molecular complexity index is 530. The molecule has 0 saturated carbocycles. The fourth-order valence-corrected chi connectivity index (χ4v) is 1.79. The number of hydrogen-bond donors (Lipinski definition) is 1. The van der Waals surface area contributed by atoms with Crippen molar-refractivity contribution in [2.45, 2.75) is 26.3 Å². The molecule has 2 rings (SSSR count). The summed E-state index contributed by atoms with van der Waals surface area (Å²) in [6, 6.07) is 3.53. The first-order valence-corrected chi connectivity index (χ1v) is 5.98. The molecule has 2 aromatic heterocycles. The van der Waals surface area contributed by atoms with E-state index in [1.165, 1.54) is 0 Å². The van der Waals surface area contributed by atoms with E-state index in [-0.39, 0.29) is 5.76 Å². The van der Waals surface area contributed by atoms with Gasteiger partial charge in [0.1, 0.15) is 0 Å². The lowest BCUT2D eigenvalue weighted by Gasteiger charge is -2.02. The monoisotopic (exact) mass is 235 g/mol. The third kappa shape index (κ3) is 2.74. The molecule has 17 heavy (non-hydrogen) atoms. The van der Waals surface area contributed by atoms with E-state index >= 15 is 0 Å². The molecule has 0 saturated heterocycles. The summed E-state index contributed by atoms with van der Waals surface area (Å²) >= 11 is 0. The normalized spacial score (nSPS) is 11.1. The standard InChI is InChI=1S/C12H17N3O2/c1-2-13-7-3-4-9-15-11-10(17-12(15)16)6-5-8-14-11/h5-6,8,13H,2-4,7,9H2,1H3. The van der Waals surface area contributed by atoms with Crippen molar-refractivity contribution in [2.75, 3.05) is 13.1 Å². The number of aryl methyl sites for hydroxylation is 1. The molecule has 0 aliphatic heterocycles. The van der Waals surface area contributed by atoms with Gasteiger partial charge in [-0.25, -0.2) is 9.78 Å². The van der Waals surface area contributed by atoms with Crippen LogP contribution in [0.15, 0.2) is 27.5 Å². The van der Waals surface area contributed by atoms with Gasteiger partial charge in [0.25, 0.3) is 0 Å². The third-order valence-corrected chi connectivity index (χ3v) is 2.66. The molecule has 2 heterocycles. The Kier molecular flexibility index (Phi) is 3.93. The zero-order chi connectivity index (χ0) is 12.1. The summed E-state index contributed by atoms with van der Waals surface area (Å²) in [7, 11) is 0. The van der Waals surface area contributed by atoms with E-state index in [1.54, 1.807) is 22.9 Å². The quantitative estimate of drug-likeness (QED) is 0.768. The second kappa shape index (κ2) is 5.63. The zero-order valence-corrected chi connectivity index (χ0v) is 9.98. The number of nitrogens with zero attached hydrogens (tertiary/aromatic N) is 2. The molecule has 2 aromatic rings. The van der Waals surface area contributed by atoms with Crippen LogP contribution in [0.5, 0.6) is 0 Å². The van der Waals surface area contributed by atoms with E-state index in [1.807, 2.05) is 0 Å². The van der Waals surface area contributed by atoms with E-state index in [2.05, 4.69) is 17.2 Å². The Labute approximate surface area is 99.5 Å². The lowest BCUT2D eigenvalue weighted by atomic mass is 10.3. The highest BCUT2D eigenvalue weighted by Crippen LogP contribution is 2.09. The van der Waals surface area contributed by atoms with Gasteiger partial charge in [0.15, 0.2) is 11.2 Å². The van der Waals surface area contributed by atoms with Crippen LogP contribution in [-0.2, 0) is 6.54 Å². The average molecular weight is 235 g/mol. The average Bonchev–Trinajstić information content (AvgIpc) is 2.65. The van der Waals surface area contributed by atoms with Crippen LogP contribution < -0.4 is 11.1 Å². The van der Waals surface area contributed by atoms with E-state index in [0.29, 0.717) is 17.8 Å². The fourth-order valence-electron chi connectivity index (χ4n) is 1.79. The van der Waals surface area contributed by atoms with Gasteiger partial charge in [0.2, 0.25) is 0 Å². The molecule has 5 heteroatoms. The van der Waals surface area contributed by atoms with Crippen LogP contribution in [0, 0.1) is 0 Å². The van der Waals surface area contributed by atoms with E-state index in [4.69, 9.17) is 4.42 Å². The number of rotatable bonds is 6. The Morgan fingerprint density at radius 3 is 3.18 bits per heavy atom. The number of aromatic nitrogens is 2. The van der Waals surface area contributed by atoms with Gasteiger partial charge < -0.3 is 9.73 Å². The lowest BCUT2D eigenvalue weighted by molar-refractivity contribution is 0.488. The maximum Gasteiger partial charge on any atom is 0.421 e. The summed E-state index contributed by atoms with van der Waals surface area (Å²) in [6.45, 7) is 4.71. The molecule has 0 bridgehead atoms. The largest absolute Gasteiger partial charge is 0.421 e. The number of pyridine rings is 1. The number of unbranched alkanes of at least 4 members (excludes halogenated alkanes) is 1. The summed E-state index contributed by atoms with van der Waals surface area (Å²) in [5.74, 6) is -0.317. The van der Waals surface area contributed by atoms with Crippen LogP contribution in [0.2, 0.25) is 0 Å². The van der Waals surface area contributed by atoms with Gasteiger partial charge >= 0.3 is 5.76 Å². The molecule has 0 aliphatic rings.